The molecule has 1 aromatic carbocycles. The van der Waals surface area contributed by atoms with Crippen LogP contribution in [0.5, 0.6) is 0 Å². The van der Waals surface area contributed by atoms with Crippen LogP contribution >= 0.6 is 0 Å². The number of nitro groups is 1. The average molecular weight is 207 g/mol. The molecule has 1 aromatic rings. The maximum atomic E-state index is 10.6. The van der Waals surface area contributed by atoms with E-state index in [4.69, 9.17) is 5.73 Å². The Bertz CT molecular complexity index is 402. The van der Waals surface area contributed by atoms with Gasteiger partial charge in [0.1, 0.15) is 0 Å². The van der Waals surface area contributed by atoms with Crippen molar-refractivity contribution in [1.29, 1.82) is 0 Å². The molecular weight excluding hydrogens is 194 g/mol. The second kappa shape index (κ2) is 3.42. The molecule has 1 fully saturated rings. The zero-order valence-electron chi connectivity index (χ0n) is 8.51. The van der Waals surface area contributed by atoms with Crippen LogP contribution in [-0.2, 0) is 0 Å². The first-order valence-corrected chi connectivity index (χ1v) is 4.85. The van der Waals surface area contributed by atoms with E-state index in [1.165, 1.54) is 6.07 Å². The largest absolute Gasteiger partial charge is 0.398 e. The molecule has 1 aliphatic carbocycles. The third-order valence-corrected chi connectivity index (χ3v) is 2.64. The number of nitrogen functional groups attached to an aromatic ring is 1. The zero-order chi connectivity index (χ0) is 11.0. The topological polar surface area (TPSA) is 72.4 Å². The van der Waals surface area contributed by atoms with Crippen molar-refractivity contribution in [2.75, 3.05) is 17.7 Å². The van der Waals surface area contributed by atoms with Gasteiger partial charge in [-0.15, -0.1) is 0 Å². The lowest BCUT2D eigenvalue weighted by molar-refractivity contribution is -0.384. The van der Waals surface area contributed by atoms with E-state index < -0.39 is 4.92 Å². The third kappa shape index (κ3) is 2.01. The van der Waals surface area contributed by atoms with Gasteiger partial charge in [-0.2, -0.15) is 0 Å². The number of nitrogens with zero attached hydrogens (tertiary/aromatic N) is 2. The highest BCUT2D eigenvalue weighted by atomic mass is 16.6. The molecule has 0 heterocycles. The zero-order valence-corrected chi connectivity index (χ0v) is 8.51. The maximum absolute atomic E-state index is 10.6. The minimum Gasteiger partial charge on any atom is -0.398 e. The maximum Gasteiger partial charge on any atom is 0.273 e. The molecule has 2 N–H and O–H groups in total. The van der Waals surface area contributed by atoms with Gasteiger partial charge in [0.2, 0.25) is 0 Å². The summed E-state index contributed by atoms with van der Waals surface area (Å²) in [6, 6.07) is 5.23. The van der Waals surface area contributed by atoms with Gasteiger partial charge in [-0.1, -0.05) is 0 Å². The second-order valence-corrected chi connectivity index (χ2v) is 3.88. The summed E-state index contributed by atoms with van der Waals surface area (Å²) in [6.07, 6.45) is 2.30. The van der Waals surface area contributed by atoms with Gasteiger partial charge in [0.15, 0.2) is 0 Å². The average Bonchev–Trinajstić information content (AvgIpc) is 2.98. The predicted molar refractivity (Wildman–Crippen MR) is 58.9 cm³/mol. The van der Waals surface area contributed by atoms with Crippen molar-refractivity contribution >= 4 is 17.1 Å². The summed E-state index contributed by atoms with van der Waals surface area (Å²) in [5, 5.41) is 10.6. The highest BCUT2D eigenvalue weighted by Gasteiger charge is 2.27. The van der Waals surface area contributed by atoms with Crippen molar-refractivity contribution in [2.45, 2.75) is 18.9 Å². The lowest BCUT2D eigenvalue weighted by Crippen LogP contribution is -2.19. The lowest BCUT2D eigenvalue weighted by Gasteiger charge is -2.18. The van der Waals surface area contributed by atoms with Crippen LogP contribution < -0.4 is 10.6 Å². The quantitative estimate of drug-likeness (QED) is 0.465. The summed E-state index contributed by atoms with van der Waals surface area (Å²) < 4.78 is 0. The van der Waals surface area contributed by atoms with E-state index in [1.807, 2.05) is 11.9 Å². The summed E-state index contributed by atoms with van der Waals surface area (Å²) >= 11 is 0. The van der Waals surface area contributed by atoms with E-state index in [0.717, 1.165) is 18.5 Å². The summed E-state index contributed by atoms with van der Waals surface area (Å²) in [5.74, 6) is 0. The molecule has 0 amide bonds. The van der Waals surface area contributed by atoms with Crippen LogP contribution in [0.4, 0.5) is 17.1 Å². The van der Waals surface area contributed by atoms with Gasteiger partial charge in [-0.3, -0.25) is 10.1 Å². The van der Waals surface area contributed by atoms with Crippen LogP contribution in [0.3, 0.4) is 0 Å². The second-order valence-electron chi connectivity index (χ2n) is 3.88. The molecule has 0 aliphatic heterocycles. The molecule has 80 valence electrons. The molecule has 15 heavy (non-hydrogen) atoms. The number of benzene rings is 1. The number of anilines is 2. The molecule has 0 bridgehead atoms. The van der Waals surface area contributed by atoms with E-state index in [-0.39, 0.29) is 5.69 Å². The molecule has 0 atom stereocenters. The van der Waals surface area contributed by atoms with E-state index >= 15 is 0 Å². The summed E-state index contributed by atoms with van der Waals surface area (Å²) in [6.45, 7) is 0. The van der Waals surface area contributed by atoms with Gasteiger partial charge in [0.25, 0.3) is 5.69 Å². The Morgan fingerprint density at radius 2 is 2.13 bits per heavy atom. The highest BCUT2D eigenvalue weighted by Crippen LogP contribution is 2.33. The molecule has 5 nitrogen and oxygen atoms in total. The number of non-ortho nitro benzene ring substituents is 1. The van der Waals surface area contributed by atoms with Gasteiger partial charge in [-0.05, 0) is 18.9 Å². The van der Waals surface area contributed by atoms with Crippen molar-refractivity contribution in [3.8, 4) is 0 Å². The predicted octanol–water partition coefficient (Wildman–Crippen LogP) is 1.78. The number of nitrogens with two attached hydrogens (primary N) is 1. The van der Waals surface area contributed by atoms with Gasteiger partial charge in [-0.25, -0.2) is 0 Å². The normalized spacial score (nSPS) is 15.0. The lowest BCUT2D eigenvalue weighted by atomic mass is 10.2. The standard InChI is InChI=1S/C10H13N3O2/c1-12(8-2-3-8)9-4-7(11)5-10(6-9)13(14)15/h4-6,8H,2-3,11H2,1H3. The Morgan fingerprint density at radius 3 is 2.67 bits per heavy atom. The van der Waals surface area contributed by atoms with E-state index in [9.17, 15) is 10.1 Å². The van der Waals surface area contributed by atoms with Crippen molar-refractivity contribution in [3.05, 3.63) is 28.3 Å². The number of hydrogen-bond acceptors (Lipinski definition) is 4. The molecular formula is C10H13N3O2. The van der Waals surface area contributed by atoms with Crippen molar-refractivity contribution in [2.24, 2.45) is 0 Å². The van der Waals surface area contributed by atoms with Crippen LogP contribution in [0.15, 0.2) is 18.2 Å². The van der Waals surface area contributed by atoms with Crippen molar-refractivity contribution in [3.63, 3.8) is 0 Å². The minimum atomic E-state index is -0.416. The highest BCUT2D eigenvalue weighted by molar-refractivity contribution is 5.63. The molecule has 0 aromatic heterocycles. The summed E-state index contributed by atoms with van der Waals surface area (Å²) in [4.78, 5) is 12.3. The van der Waals surface area contributed by atoms with Gasteiger partial charge < -0.3 is 10.6 Å². The Kier molecular flexibility index (Phi) is 2.22. The van der Waals surface area contributed by atoms with Crippen LogP contribution in [0.25, 0.3) is 0 Å². The number of nitro benzene ring substituents is 1. The minimum absolute atomic E-state index is 0.0532. The first-order valence-electron chi connectivity index (χ1n) is 4.85. The van der Waals surface area contributed by atoms with Gasteiger partial charge in [0.05, 0.1) is 4.92 Å². The molecule has 1 saturated carbocycles. The molecule has 1 aliphatic rings. The van der Waals surface area contributed by atoms with E-state index in [2.05, 4.69) is 0 Å². The molecule has 2 rings (SSSR count). The van der Waals surface area contributed by atoms with Crippen LogP contribution in [0.1, 0.15) is 12.8 Å². The summed E-state index contributed by atoms with van der Waals surface area (Å²) in [7, 11) is 1.94. The van der Waals surface area contributed by atoms with E-state index in [0.29, 0.717) is 11.7 Å². The first-order chi connectivity index (χ1) is 7.08. The Morgan fingerprint density at radius 1 is 1.47 bits per heavy atom. The molecule has 0 radical (unpaired) electrons. The fourth-order valence-corrected chi connectivity index (χ4v) is 1.60. The van der Waals surface area contributed by atoms with Crippen LogP contribution in [0.2, 0.25) is 0 Å². The van der Waals surface area contributed by atoms with Gasteiger partial charge >= 0.3 is 0 Å². The molecule has 0 unspecified atom stereocenters. The SMILES string of the molecule is CN(c1cc(N)cc([N+](=O)[O-])c1)C1CC1. The monoisotopic (exact) mass is 207 g/mol. The fourth-order valence-electron chi connectivity index (χ4n) is 1.60. The number of hydrogen-bond donors (Lipinski definition) is 1. The van der Waals surface area contributed by atoms with Crippen molar-refractivity contribution < 1.29 is 4.92 Å². The third-order valence-electron chi connectivity index (χ3n) is 2.64. The first kappa shape index (κ1) is 9.76. The summed E-state index contributed by atoms with van der Waals surface area (Å²) in [5.41, 5.74) is 6.94. The Labute approximate surface area is 87.6 Å². The Balaban J connectivity index is 2.33. The number of rotatable bonds is 3. The molecule has 0 saturated heterocycles. The van der Waals surface area contributed by atoms with Crippen molar-refractivity contribution in [1.82, 2.24) is 0 Å². The van der Waals surface area contributed by atoms with Crippen LogP contribution in [0, 0.1) is 10.1 Å². The fraction of sp³-hybridized carbons (Fsp3) is 0.400. The van der Waals surface area contributed by atoms with Crippen LogP contribution in [-0.4, -0.2) is 18.0 Å². The molecule has 0 spiro atoms. The van der Waals surface area contributed by atoms with Gasteiger partial charge in [0, 0.05) is 36.6 Å². The van der Waals surface area contributed by atoms with E-state index in [1.54, 1.807) is 12.1 Å². The Hall–Kier alpha value is -1.78. The molecule has 5 heteroatoms. The smallest absolute Gasteiger partial charge is 0.273 e.